The van der Waals surface area contributed by atoms with Crippen molar-refractivity contribution in [1.29, 1.82) is 0 Å². The molecule has 1 unspecified atom stereocenters. The van der Waals surface area contributed by atoms with Gasteiger partial charge < -0.3 is 23.8 Å². The molecule has 1 N–H and O–H groups in total. The van der Waals surface area contributed by atoms with Gasteiger partial charge in [0.1, 0.15) is 6.04 Å². The highest BCUT2D eigenvalue weighted by Crippen LogP contribution is 2.22. The molecule has 0 fully saturated rings. The minimum atomic E-state index is -0.962. The van der Waals surface area contributed by atoms with Gasteiger partial charge in [-0.3, -0.25) is 9.59 Å². The van der Waals surface area contributed by atoms with Gasteiger partial charge in [0.2, 0.25) is 5.78 Å². The number of furan rings is 1. The number of hydrogen-bond acceptors (Lipinski definition) is 7. The first kappa shape index (κ1) is 23.5. The van der Waals surface area contributed by atoms with Gasteiger partial charge in [-0.1, -0.05) is 0 Å². The number of carbonyl (C=O) groups excluding carboxylic acids is 4. The lowest BCUT2D eigenvalue weighted by atomic mass is 10.1. The van der Waals surface area contributed by atoms with Gasteiger partial charge in [0, 0.05) is 22.6 Å². The van der Waals surface area contributed by atoms with Crippen LogP contribution < -0.4 is 5.32 Å². The van der Waals surface area contributed by atoms with E-state index in [4.69, 9.17) is 13.9 Å². The second kappa shape index (κ2) is 9.99. The molecule has 1 atom stereocenters. The zero-order valence-electron chi connectivity index (χ0n) is 18.7. The van der Waals surface area contributed by atoms with Crippen molar-refractivity contribution < 1.29 is 33.1 Å². The van der Waals surface area contributed by atoms with Crippen LogP contribution in [-0.4, -0.2) is 48.0 Å². The van der Waals surface area contributed by atoms with Crippen molar-refractivity contribution in [2.75, 3.05) is 13.7 Å². The summed E-state index contributed by atoms with van der Waals surface area (Å²) < 4.78 is 16.7. The van der Waals surface area contributed by atoms with Gasteiger partial charge in [-0.15, -0.1) is 0 Å². The Bertz CT molecular complexity index is 1170. The number of ketones is 1. The molecule has 3 rings (SSSR count). The number of benzene rings is 1. The summed E-state index contributed by atoms with van der Waals surface area (Å²) >= 11 is 0. The normalized spacial score (nSPS) is 11.5. The molecule has 0 aliphatic carbocycles. The number of ether oxygens (including phenoxy) is 2. The predicted octanol–water partition coefficient (Wildman–Crippen LogP) is 3.02. The molecule has 172 valence electrons. The Morgan fingerprint density at radius 1 is 1.09 bits per heavy atom. The molecule has 1 aromatic carbocycles. The smallest absolute Gasteiger partial charge is 0.337 e. The number of nitrogens with one attached hydrogen (secondary N) is 1. The van der Waals surface area contributed by atoms with Crippen molar-refractivity contribution >= 4 is 23.6 Å². The number of hydrogen-bond donors (Lipinski definition) is 1. The van der Waals surface area contributed by atoms with Crippen LogP contribution in [0.15, 0.2) is 53.1 Å². The van der Waals surface area contributed by atoms with Gasteiger partial charge in [0.25, 0.3) is 5.91 Å². The van der Waals surface area contributed by atoms with Crippen LogP contribution in [-0.2, 0) is 14.3 Å². The number of aromatic nitrogens is 1. The number of rotatable bonds is 8. The van der Waals surface area contributed by atoms with E-state index in [1.165, 1.54) is 26.4 Å². The summed E-state index contributed by atoms with van der Waals surface area (Å²) in [5.74, 6) is -2.04. The summed E-state index contributed by atoms with van der Waals surface area (Å²) in [6.45, 7) is 4.61. The topological polar surface area (TPSA) is 117 Å². The lowest BCUT2D eigenvalue weighted by Crippen LogP contribution is -2.40. The van der Waals surface area contributed by atoms with Crippen LogP contribution in [0.4, 0.5) is 0 Å². The zero-order chi connectivity index (χ0) is 24.1. The number of esters is 2. The summed E-state index contributed by atoms with van der Waals surface area (Å²) in [5.41, 5.74) is 3.05. The van der Waals surface area contributed by atoms with Crippen LogP contribution >= 0.6 is 0 Å². The Balaban J connectivity index is 1.65. The van der Waals surface area contributed by atoms with Crippen LogP contribution in [0.1, 0.15) is 49.6 Å². The van der Waals surface area contributed by atoms with Crippen molar-refractivity contribution in [1.82, 2.24) is 9.88 Å². The number of carbonyl (C=O) groups is 4. The molecular weight excluding hydrogens is 428 g/mol. The third kappa shape index (κ3) is 5.20. The molecule has 0 aliphatic rings. The van der Waals surface area contributed by atoms with E-state index in [9.17, 15) is 19.2 Å². The van der Waals surface area contributed by atoms with Crippen molar-refractivity contribution in [2.24, 2.45) is 0 Å². The van der Waals surface area contributed by atoms with E-state index < -0.39 is 30.5 Å². The molecule has 33 heavy (non-hydrogen) atoms. The molecule has 2 aromatic heterocycles. The summed E-state index contributed by atoms with van der Waals surface area (Å²) in [6, 6.07) is 10.6. The molecular formula is C24H24N2O7. The zero-order valence-corrected chi connectivity index (χ0v) is 18.7. The number of nitrogens with zero attached hydrogens (tertiary/aromatic N) is 1. The highest BCUT2D eigenvalue weighted by Gasteiger charge is 2.22. The van der Waals surface area contributed by atoms with Crippen LogP contribution in [0.3, 0.4) is 0 Å². The van der Waals surface area contributed by atoms with Crippen molar-refractivity contribution in [3.63, 3.8) is 0 Å². The molecule has 1 amide bonds. The lowest BCUT2D eigenvalue weighted by Gasteiger charge is -2.12. The number of aryl methyl sites for hydroxylation is 1. The second-order valence-electron chi connectivity index (χ2n) is 7.36. The van der Waals surface area contributed by atoms with Crippen molar-refractivity contribution in [3.05, 3.63) is 77.0 Å². The Hall–Kier alpha value is -4.14. The SMILES string of the molecule is COC(=O)c1ccc(-n2c(C)cc(C(=O)COC(=O)C(C)NC(=O)c3ccco3)c2C)cc1. The molecule has 0 radical (unpaired) electrons. The highest BCUT2D eigenvalue weighted by atomic mass is 16.5. The maximum atomic E-state index is 12.7. The quantitative estimate of drug-likeness (QED) is 0.412. The van der Waals surface area contributed by atoms with Crippen LogP contribution in [0, 0.1) is 13.8 Å². The minimum Gasteiger partial charge on any atom is -0.465 e. The van der Waals surface area contributed by atoms with E-state index in [0.29, 0.717) is 16.8 Å². The average molecular weight is 452 g/mol. The molecule has 0 aliphatic heterocycles. The molecule has 2 heterocycles. The fourth-order valence-electron chi connectivity index (χ4n) is 3.38. The van der Waals surface area contributed by atoms with E-state index in [-0.39, 0.29) is 11.5 Å². The Labute approximate surface area is 190 Å². The van der Waals surface area contributed by atoms with Gasteiger partial charge in [0.05, 0.1) is 18.9 Å². The largest absolute Gasteiger partial charge is 0.465 e. The summed E-state index contributed by atoms with van der Waals surface area (Å²) in [5, 5.41) is 2.45. The average Bonchev–Trinajstić information content (AvgIpc) is 3.45. The van der Waals surface area contributed by atoms with Gasteiger partial charge in [-0.2, -0.15) is 0 Å². The molecule has 0 saturated carbocycles. The van der Waals surface area contributed by atoms with Gasteiger partial charge in [-0.25, -0.2) is 9.59 Å². The highest BCUT2D eigenvalue weighted by molar-refractivity contribution is 6.00. The molecule has 9 nitrogen and oxygen atoms in total. The van der Waals surface area contributed by atoms with Crippen LogP contribution in [0.5, 0.6) is 0 Å². The standard InChI is InChI=1S/C24H24N2O7/c1-14-12-19(16(3)26(14)18-9-7-17(8-10-18)24(30)31-4)20(27)13-33-23(29)15(2)25-22(28)21-6-5-11-32-21/h5-12,15H,13H2,1-4H3,(H,25,28). The van der Waals surface area contributed by atoms with Crippen molar-refractivity contribution in [3.8, 4) is 5.69 Å². The van der Waals surface area contributed by atoms with E-state index in [2.05, 4.69) is 5.32 Å². The van der Waals surface area contributed by atoms with Crippen LogP contribution in [0.25, 0.3) is 5.69 Å². The monoisotopic (exact) mass is 452 g/mol. The maximum absolute atomic E-state index is 12.7. The van der Waals surface area contributed by atoms with E-state index >= 15 is 0 Å². The number of methoxy groups -OCH3 is 1. The second-order valence-corrected chi connectivity index (χ2v) is 7.36. The first-order valence-electron chi connectivity index (χ1n) is 10.1. The van der Waals surface area contributed by atoms with Crippen LogP contribution in [0.2, 0.25) is 0 Å². The molecule has 0 spiro atoms. The maximum Gasteiger partial charge on any atom is 0.337 e. The molecule has 9 heteroatoms. The first-order valence-corrected chi connectivity index (χ1v) is 10.1. The number of amides is 1. The summed E-state index contributed by atoms with van der Waals surface area (Å²) in [4.78, 5) is 48.5. The Kier molecular flexibility index (Phi) is 7.12. The number of Topliss-reactive ketones (excluding diaryl/α,β-unsaturated/α-hetero) is 1. The first-order chi connectivity index (χ1) is 15.7. The van der Waals surface area contributed by atoms with Crippen molar-refractivity contribution in [2.45, 2.75) is 26.8 Å². The molecule has 3 aromatic rings. The third-order valence-electron chi connectivity index (χ3n) is 5.07. The fraction of sp³-hybridized carbons (Fsp3) is 0.250. The van der Waals surface area contributed by atoms with E-state index in [1.54, 1.807) is 43.3 Å². The van der Waals surface area contributed by atoms with E-state index in [0.717, 1.165) is 11.4 Å². The van der Waals surface area contributed by atoms with E-state index in [1.807, 2.05) is 11.5 Å². The predicted molar refractivity (Wildman–Crippen MR) is 118 cm³/mol. The third-order valence-corrected chi connectivity index (χ3v) is 5.07. The Morgan fingerprint density at radius 2 is 1.79 bits per heavy atom. The molecule has 0 bridgehead atoms. The summed E-state index contributed by atoms with van der Waals surface area (Å²) in [7, 11) is 1.31. The summed E-state index contributed by atoms with van der Waals surface area (Å²) in [6.07, 6.45) is 1.35. The lowest BCUT2D eigenvalue weighted by molar-refractivity contribution is -0.144. The van der Waals surface area contributed by atoms with Gasteiger partial charge in [0.15, 0.2) is 12.4 Å². The van der Waals surface area contributed by atoms with Gasteiger partial charge >= 0.3 is 11.9 Å². The Morgan fingerprint density at radius 3 is 2.39 bits per heavy atom. The molecule has 0 saturated heterocycles. The fourth-order valence-corrected chi connectivity index (χ4v) is 3.38. The van der Waals surface area contributed by atoms with Gasteiger partial charge in [-0.05, 0) is 63.2 Å². The minimum absolute atomic E-state index is 0.0674.